The summed E-state index contributed by atoms with van der Waals surface area (Å²) in [5.41, 5.74) is 5.70. The second kappa shape index (κ2) is 3.44. The Morgan fingerprint density at radius 1 is 1.33 bits per heavy atom. The SMILES string of the molecule is CC(C)C(C)C1NNC(=O)C1C. The molecule has 1 rings (SSSR count). The van der Waals surface area contributed by atoms with Crippen LogP contribution in [0.15, 0.2) is 0 Å². The number of nitrogens with one attached hydrogen (secondary N) is 2. The van der Waals surface area contributed by atoms with Crippen LogP contribution in [0.4, 0.5) is 0 Å². The number of hydrogen-bond donors (Lipinski definition) is 2. The molecule has 70 valence electrons. The average Bonchev–Trinajstić information content (AvgIpc) is 2.32. The van der Waals surface area contributed by atoms with Gasteiger partial charge in [-0.2, -0.15) is 0 Å². The van der Waals surface area contributed by atoms with Gasteiger partial charge in [-0.15, -0.1) is 0 Å². The molecule has 1 aliphatic heterocycles. The van der Waals surface area contributed by atoms with E-state index in [1.54, 1.807) is 0 Å². The summed E-state index contributed by atoms with van der Waals surface area (Å²) in [6.45, 7) is 8.52. The highest BCUT2D eigenvalue weighted by atomic mass is 16.2. The van der Waals surface area contributed by atoms with Crippen LogP contribution in [0, 0.1) is 17.8 Å². The molecule has 0 aromatic heterocycles. The van der Waals surface area contributed by atoms with E-state index in [1.807, 2.05) is 6.92 Å². The fraction of sp³-hybridized carbons (Fsp3) is 0.889. The predicted octanol–water partition coefficient (Wildman–Crippen LogP) is 0.918. The minimum atomic E-state index is 0.0994. The van der Waals surface area contributed by atoms with Crippen LogP contribution in [0.2, 0.25) is 0 Å². The summed E-state index contributed by atoms with van der Waals surface area (Å²) >= 11 is 0. The quantitative estimate of drug-likeness (QED) is 0.647. The van der Waals surface area contributed by atoms with Gasteiger partial charge in [0.25, 0.3) is 0 Å². The lowest BCUT2D eigenvalue weighted by Gasteiger charge is -2.24. The van der Waals surface area contributed by atoms with Crippen LogP contribution in [0.1, 0.15) is 27.7 Å². The third-order valence-electron chi connectivity index (χ3n) is 2.93. The van der Waals surface area contributed by atoms with Crippen LogP contribution < -0.4 is 10.9 Å². The third kappa shape index (κ3) is 1.61. The minimum absolute atomic E-state index is 0.0994. The summed E-state index contributed by atoms with van der Waals surface area (Å²) in [5, 5.41) is 0. The molecule has 3 heteroatoms. The van der Waals surface area contributed by atoms with Gasteiger partial charge < -0.3 is 0 Å². The Balaban J connectivity index is 2.59. The number of carbonyl (C=O) groups is 1. The molecule has 3 nitrogen and oxygen atoms in total. The Morgan fingerprint density at radius 2 is 1.92 bits per heavy atom. The molecule has 1 aliphatic rings. The molecule has 0 bridgehead atoms. The largest absolute Gasteiger partial charge is 0.291 e. The summed E-state index contributed by atoms with van der Waals surface area (Å²) in [5.74, 6) is 1.35. The molecule has 1 fully saturated rings. The number of hydrazine groups is 1. The Morgan fingerprint density at radius 3 is 2.25 bits per heavy atom. The highest BCUT2D eigenvalue weighted by Crippen LogP contribution is 2.22. The van der Waals surface area contributed by atoms with E-state index in [2.05, 4.69) is 31.6 Å². The molecule has 0 aliphatic carbocycles. The van der Waals surface area contributed by atoms with Gasteiger partial charge in [0, 0.05) is 6.04 Å². The van der Waals surface area contributed by atoms with Gasteiger partial charge in [-0.25, -0.2) is 5.43 Å². The molecule has 3 unspecified atom stereocenters. The maximum atomic E-state index is 11.1. The Bertz CT molecular complexity index is 179. The van der Waals surface area contributed by atoms with E-state index in [9.17, 15) is 4.79 Å². The van der Waals surface area contributed by atoms with Gasteiger partial charge >= 0.3 is 0 Å². The standard InChI is InChI=1S/C9H18N2O/c1-5(2)6(3)8-7(4)9(12)11-10-8/h5-8,10H,1-4H3,(H,11,12). The molecule has 1 amide bonds. The lowest BCUT2D eigenvalue weighted by molar-refractivity contribution is -0.122. The van der Waals surface area contributed by atoms with Crippen LogP contribution in [-0.2, 0) is 4.79 Å². The maximum Gasteiger partial charge on any atom is 0.238 e. The molecule has 1 heterocycles. The lowest BCUT2D eigenvalue weighted by atomic mass is 9.84. The molecule has 0 spiro atoms. The van der Waals surface area contributed by atoms with E-state index in [-0.39, 0.29) is 17.9 Å². The normalized spacial score (nSPS) is 32.2. The lowest BCUT2D eigenvalue weighted by Crippen LogP contribution is -2.38. The molecule has 3 atom stereocenters. The Hall–Kier alpha value is -0.570. The predicted molar refractivity (Wildman–Crippen MR) is 48.2 cm³/mol. The zero-order valence-corrected chi connectivity index (χ0v) is 8.22. The van der Waals surface area contributed by atoms with E-state index in [1.165, 1.54) is 0 Å². The van der Waals surface area contributed by atoms with Gasteiger partial charge in [0.1, 0.15) is 0 Å². The fourth-order valence-corrected chi connectivity index (χ4v) is 1.56. The van der Waals surface area contributed by atoms with Crippen molar-refractivity contribution in [1.29, 1.82) is 0 Å². The number of amides is 1. The molecule has 12 heavy (non-hydrogen) atoms. The van der Waals surface area contributed by atoms with Crippen molar-refractivity contribution < 1.29 is 4.79 Å². The summed E-state index contributed by atoms with van der Waals surface area (Å²) in [6, 6.07) is 0.289. The van der Waals surface area contributed by atoms with Gasteiger partial charge in [-0.1, -0.05) is 27.7 Å². The van der Waals surface area contributed by atoms with E-state index in [0.717, 1.165) is 0 Å². The second-order valence-electron chi connectivity index (χ2n) is 4.05. The number of rotatable bonds is 2. The highest BCUT2D eigenvalue weighted by Gasteiger charge is 2.35. The first kappa shape index (κ1) is 9.52. The van der Waals surface area contributed by atoms with Crippen molar-refractivity contribution in [3.8, 4) is 0 Å². The molecular weight excluding hydrogens is 152 g/mol. The minimum Gasteiger partial charge on any atom is -0.291 e. The van der Waals surface area contributed by atoms with Gasteiger partial charge in [-0.05, 0) is 11.8 Å². The molecular formula is C9H18N2O. The first-order chi connectivity index (χ1) is 5.54. The molecule has 0 saturated carbocycles. The molecule has 0 aromatic carbocycles. The smallest absolute Gasteiger partial charge is 0.238 e. The van der Waals surface area contributed by atoms with Crippen LogP contribution in [-0.4, -0.2) is 11.9 Å². The van der Waals surface area contributed by atoms with Crippen molar-refractivity contribution in [2.24, 2.45) is 17.8 Å². The maximum absolute atomic E-state index is 11.1. The van der Waals surface area contributed by atoms with Crippen molar-refractivity contribution in [2.45, 2.75) is 33.7 Å². The van der Waals surface area contributed by atoms with E-state index >= 15 is 0 Å². The van der Waals surface area contributed by atoms with Crippen LogP contribution in [0.5, 0.6) is 0 Å². The third-order valence-corrected chi connectivity index (χ3v) is 2.93. The van der Waals surface area contributed by atoms with Gasteiger partial charge in [0.05, 0.1) is 5.92 Å². The van der Waals surface area contributed by atoms with Crippen molar-refractivity contribution >= 4 is 5.91 Å². The second-order valence-corrected chi connectivity index (χ2v) is 4.05. The first-order valence-electron chi connectivity index (χ1n) is 4.59. The van der Waals surface area contributed by atoms with Crippen molar-refractivity contribution in [1.82, 2.24) is 10.9 Å². The number of carbonyl (C=O) groups excluding carboxylic acids is 1. The Kier molecular flexibility index (Phi) is 2.73. The van der Waals surface area contributed by atoms with E-state index < -0.39 is 0 Å². The number of hydrogen-bond acceptors (Lipinski definition) is 2. The van der Waals surface area contributed by atoms with E-state index in [0.29, 0.717) is 11.8 Å². The van der Waals surface area contributed by atoms with Crippen molar-refractivity contribution in [3.63, 3.8) is 0 Å². The molecule has 0 radical (unpaired) electrons. The zero-order valence-electron chi connectivity index (χ0n) is 8.22. The van der Waals surface area contributed by atoms with Crippen LogP contribution >= 0.6 is 0 Å². The van der Waals surface area contributed by atoms with Gasteiger partial charge in [0.15, 0.2) is 0 Å². The first-order valence-corrected chi connectivity index (χ1v) is 4.59. The van der Waals surface area contributed by atoms with Crippen molar-refractivity contribution in [2.75, 3.05) is 0 Å². The van der Waals surface area contributed by atoms with Gasteiger partial charge in [0.2, 0.25) is 5.91 Å². The topological polar surface area (TPSA) is 41.1 Å². The van der Waals surface area contributed by atoms with E-state index in [4.69, 9.17) is 0 Å². The van der Waals surface area contributed by atoms with Crippen LogP contribution in [0.3, 0.4) is 0 Å². The zero-order chi connectivity index (χ0) is 9.30. The molecule has 0 aromatic rings. The average molecular weight is 170 g/mol. The van der Waals surface area contributed by atoms with Gasteiger partial charge in [-0.3, -0.25) is 10.2 Å². The summed E-state index contributed by atoms with van der Waals surface area (Å²) in [6.07, 6.45) is 0. The highest BCUT2D eigenvalue weighted by molar-refractivity contribution is 5.80. The summed E-state index contributed by atoms with van der Waals surface area (Å²) in [7, 11) is 0. The summed E-state index contributed by atoms with van der Waals surface area (Å²) < 4.78 is 0. The fourth-order valence-electron chi connectivity index (χ4n) is 1.56. The summed E-state index contributed by atoms with van der Waals surface area (Å²) in [4.78, 5) is 11.1. The van der Waals surface area contributed by atoms with Crippen LogP contribution in [0.25, 0.3) is 0 Å². The molecule has 1 saturated heterocycles. The monoisotopic (exact) mass is 170 g/mol. The molecule has 2 N–H and O–H groups in total. The Labute approximate surface area is 73.9 Å². The van der Waals surface area contributed by atoms with Crippen molar-refractivity contribution in [3.05, 3.63) is 0 Å².